The van der Waals surface area contributed by atoms with Crippen molar-refractivity contribution in [1.29, 1.82) is 0 Å². The van der Waals surface area contributed by atoms with Gasteiger partial charge >= 0.3 is 0 Å². The van der Waals surface area contributed by atoms with E-state index in [2.05, 4.69) is 25.1 Å². The molecule has 8 heteroatoms. The van der Waals surface area contributed by atoms with Gasteiger partial charge in [0.05, 0.1) is 22.5 Å². The van der Waals surface area contributed by atoms with Crippen LogP contribution in [-0.2, 0) is 0 Å². The third kappa shape index (κ3) is 3.33. The van der Waals surface area contributed by atoms with E-state index < -0.39 is 5.82 Å². The van der Waals surface area contributed by atoms with E-state index in [9.17, 15) is 4.39 Å². The van der Waals surface area contributed by atoms with Crippen molar-refractivity contribution in [3.8, 4) is 34.2 Å². The highest BCUT2D eigenvalue weighted by Crippen LogP contribution is 2.30. The number of hydrogen-bond donors (Lipinski definition) is 1. The zero-order valence-corrected chi connectivity index (χ0v) is 15.3. The van der Waals surface area contributed by atoms with Crippen LogP contribution in [-0.4, -0.2) is 25.1 Å². The van der Waals surface area contributed by atoms with E-state index in [0.29, 0.717) is 34.0 Å². The number of hydrogen-bond acceptors (Lipinski definition) is 5. The summed E-state index contributed by atoms with van der Waals surface area (Å²) in [6.07, 6.45) is 3.28. The zero-order valence-electron chi connectivity index (χ0n) is 14.6. The highest BCUT2D eigenvalue weighted by Gasteiger charge is 2.15. The van der Waals surface area contributed by atoms with E-state index in [1.165, 1.54) is 6.07 Å². The van der Waals surface area contributed by atoms with Crippen LogP contribution >= 0.6 is 11.6 Å². The number of imidazole rings is 1. The smallest absolute Gasteiger partial charge is 0.229 e. The summed E-state index contributed by atoms with van der Waals surface area (Å²) < 4.78 is 19.3. The molecule has 0 unspecified atom stereocenters. The third-order valence-electron chi connectivity index (χ3n) is 4.01. The molecule has 27 heavy (non-hydrogen) atoms. The van der Waals surface area contributed by atoms with Crippen molar-refractivity contribution >= 4 is 11.6 Å². The molecule has 1 N–H and O–H groups in total. The van der Waals surface area contributed by atoms with E-state index in [1.54, 1.807) is 30.6 Å². The molecule has 0 saturated heterocycles. The highest BCUT2D eigenvalue weighted by atomic mass is 35.5. The number of aromatic nitrogens is 5. The Hall–Kier alpha value is -3.06. The third-order valence-corrected chi connectivity index (χ3v) is 4.33. The van der Waals surface area contributed by atoms with Crippen LogP contribution in [0.1, 0.15) is 25.7 Å². The predicted molar refractivity (Wildman–Crippen MR) is 99.6 cm³/mol. The largest absolute Gasteiger partial charge is 0.339 e. The molecule has 136 valence electrons. The van der Waals surface area contributed by atoms with E-state index in [0.717, 1.165) is 5.56 Å². The molecule has 0 aliphatic heterocycles. The molecule has 4 rings (SSSR count). The van der Waals surface area contributed by atoms with Crippen molar-refractivity contribution in [2.24, 2.45) is 0 Å². The number of benzene rings is 1. The van der Waals surface area contributed by atoms with E-state index in [-0.39, 0.29) is 11.5 Å². The van der Waals surface area contributed by atoms with Gasteiger partial charge in [-0.25, -0.2) is 9.37 Å². The van der Waals surface area contributed by atoms with Gasteiger partial charge in [0, 0.05) is 17.7 Å². The number of nitrogens with one attached hydrogen (secondary N) is 1. The van der Waals surface area contributed by atoms with Crippen LogP contribution in [0, 0.1) is 5.82 Å². The Labute approximate surface area is 159 Å². The fraction of sp³-hybridized carbons (Fsp3) is 0.158. The van der Waals surface area contributed by atoms with Crippen molar-refractivity contribution in [2.45, 2.75) is 19.8 Å². The Kier molecular flexibility index (Phi) is 4.45. The Morgan fingerprint density at radius 2 is 1.96 bits per heavy atom. The van der Waals surface area contributed by atoms with Gasteiger partial charge in [-0.15, -0.1) is 0 Å². The fourth-order valence-electron chi connectivity index (χ4n) is 2.58. The van der Waals surface area contributed by atoms with Crippen molar-refractivity contribution in [2.75, 3.05) is 0 Å². The lowest BCUT2D eigenvalue weighted by Crippen LogP contribution is -1.90. The van der Waals surface area contributed by atoms with Gasteiger partial charge in [-0.1, -0.05) is 36.7 Å². The number of aromatic amines is 1. The molecule has 6 nitrogen and oxygen atoms in total. The normalized spacial score (nSPS) is 11.3. The average molecular weight is 384 g/mol. The topological polar surface area (TPSA) is 80.5 Å². The van der Waals surface area contributed by atoms with Gasteiger partial charge < -0.3 is 9.51 Å². The van der Waals surface area contributed by atoms with Crippen molar-refractivity contribution in [3.05, 3.63) is 59.5 Å². The maximum absolute atomic E-state index is 14.1. The number of rotatable bonds is 4. The minimum absolute atomic E-state index is 0.152. The van der Waals surface area contributed by atoms with E-state index in [4.69, 9.17) is 16.1 Å². The van der Waals surface area contributed by atoms with E-state index >= 15 is 0 Å². The van der Waals surface area contributed by atoms with Crippen molar-refractivity contribution < 1.29 is 8.91 Å². The maximum atomic E-state index is 14.1. The first-order valence-electron chi connectivity index (χ1n) is 8.32. The highest BCUT2D eigenvalue weighted by molar-refractivity contribution is 6.33. The first-order valence-corrected chi connectivity index (χ1v) is 8.70. The van der Waals surface area contributed by atoms with Crippen molar-refractivity contribution in [1.82, 2.24) is 25.1 Å². The summed E-state index contributed by atoms with van der Waals surface area (Å²) in [5.41, 5.74) is 2.33. The first-order chi connectivity index (χ1) is 13.0. The lowest BCUT2D eigenvalue weighted by Gasteiger charge is -2.02. The van der Waals surface area contributed by atoms with Crippen LogP contribution in [0.25, 0.3) is 34.2 Å². The molecular weight excluding hydrogens is 369 g/mol. The first kappa shape index (κ1) is 17.4. The number of pyridine rings is 1. The Morgan fingerprint density at radius 3 is 2.63 bits per heavy atom. The molecule has 0 bridgehead atoms. The molecule has 0 saturated carbocycles. The molecule has 1 aromatic carbocycles. The summed E-state index contributed by atoms with van der Waals surface area (Å²) >= 11 is 6.10. The lowest BCUT2D eigenvalue weighted by atomic mass is 10.2. The van der Waals surface area contributed by atoms with E-state index in [1.807, 2.05) is 19.9 Å². The number of halogens is 2. The van der Waals surface area contributed by atoms with Gasteiger partial charge in [-0.2, -0.15) is 4.98 Å². The minimum Gasteiger partial charge on any atom is -0.339 e. The Balaban J connectivity index is 1.62. The molecule has 0 amide bonds. The maximum Gasteiger partial charge on any atom is 0.229 e. The predicted octanol–water partition coefficient (Wildman–Crippen LogP) is 5.10. The molecule has 3 heterocycles. The van der Waals surface area contributed by atoms with Gasteiger partial charge in [0.2, 0.25) is 11.7 Å². The standard InChI is InChI=1S/C19H15ClFN5O/c1-10(2)19-25-17(26-27-19)14-7-6-11(8-22-14)15-9-23-18(24-15)16-12(20)4-3-5-13(16)21/h3-10H,1-2H3,(H,23,24). The molecule has 0 radical (unpaired) electrons. The van der Waals surface area contributed by atoms with Gasteiger partial charge in [0.15, 0.2) is 0 Å². The fourth-order valence-corrected chi connectivity index (χ4v) is 2.83. The number of nitrogens with zero attached hydrogens (tertiary/aromatic N) is 4. The Morgan fingerprint density at radius 1 is 1.11 bits per heavy atom. The molecule has 0 spiro atoms. The van der Waals surface area contributed by atoms with Crippen LogP contribution in [0.15, 0.2) is 47.2 Å². The van der Waals surface area contributed by atoms with Crippen LogP contribution in [0.3, 0.4) is 0 Å². The summed E-state index contributed by atoms with van der Waals surface area (Å²) in [6.45, 7) is 3.96. The van der Waals surface area contributed by atoms with Crippen LogP contribution in [0.5, 0.6) is 0 Å². The number of H-pyrrole nitrogens is 1. The van der Waals surface area contributed by atoms with Crippen LogP contribution in [0.2, 0.25) is 5.02 Å². The quantitative estimate of drug-likeness (QED) is 0.530. The second kappa shape index (κ2) is 6.92. The summed E-state index contributed by atoms with van der Waals surface area (Å²) in [5, 5.41) is 4.24. The van der Waals surface area contributed by atoms with Crippen LogP contribution in [0.4, 0.5) is 4.39 Å². The van der Waals surface area contributed by atoms with Gasteiger partial charge in [-0.05, 0) is 24.3 Å². The second-order valence-electron chi connectivity index (χ2n) is 6.29. The average Bonchev–Trinajstić information content (AvgIpc) is 3.32. The minimum atomic E-state index is -0.435. The molecule has 0 atom stereocenters. The monoisotopic (exact) mass is 383 g/mol. The molecule has 0 aliphatic rings. The SMILES string of the molecule is CC(C)c1nc(-c2ccc(-c3cnc(-c4c(F)cccc4Cl)[nH]3)cn2)no1. The molecule has 0 aliphatic carbocycles. The molecule has 4 aromatic rings. The Bertz CT molecular complexity index is 1070. The summed E-state index contributed by atoms with van der Waals surface area (Å²) in [4.78, 5) is 16.0. The summed E-state index contributed by atoms with van der Waals surface area (Å²) in [5.74, 6) is 1.08. The van der Waals surface area contributed by atoms with Crippen LogP contribution < -0.4 is 0 Å². The van der Waals surface area contributed by atoms with Gasteiger partial charge in [-0.3, -0.25) is 4.98 Å². The second-order valence-corrected chi connectivity index (χ2v) is 6.69. The summed E-state index contributed by atoms with van der Waals surface area (Å²) in [7, 11) is 0. The zero-order chi connectivity index (χ0) is 19.0. The molecule has 3 aromatic heterocycles. The van der Waals surface area contributed by atoms with Gasteiger partial charge in [0.25, 0.3) is 0 Å². The lowest BCUT2D eigenvalue weighted by molar-refractivity contribution is 0.365. The summed E-state index contributed by atoms with van der Waals surface area (Å²) in [6, 6.07) is 8.16. The van der Waals surface area contributed by atoms with Gasteiger partial charge in [0.1, 0.15) is 17.3 Å². The molecular formula is C19H15ClFN5O. The van der Waals surface area contributed by atoms with Crippen molar-refractivity contribution in [3.63, 3.8) is 0 Å². The molecule has 0 fully saturated rings.